The molecular formula is C21H21FN4O3S2. The molecule has 162 valence electrons. The normalized spacial score (nSPS) is 12.4. The van der Waals surface area contributed by atoms with Crippen LogP contribution in [0.15, 0.2) is 48.5 Å². The Morgan fingerprint density at radius 2 is 1.87 bits per heavy atom. The number of aliphatic hydroxyl groups excluding tert-OH is 1. The number of halogens is 1. The molecule has 0 aliphatic carbocycles. The number of hydrogen-bond donors (Lipinski definition) is 2. The summed E-state index contributed by atoms with van der Waals surface area (Å²) in [6.45, 7) is 2.25. The van der Waals surface area contributed by atoms with Crippen molar-refractivity contribution in [3.63, 3.8) is 0 Å². The fourth-order valence-electron chi connectivity index (χ4n) is 2.96. The van der Waals surface area contributed by atoms with Crippen LogP contribution >= 0.6 is 11.3 Å². The fraction of sp³-hybridized carbons (Fsp3) is 0.238. The van der Waals surface area contributed by atoms with Gasteiger partial charge in [-0.25, -0.2) is 17.8 Å². The molecule has 0 amide bonds. The van der Waals surface area contributed by atoms with Gasteiger partial charge in [0.25, 0.3) is 0 Å². The molecule has 1 atom stereocenters. The summed E-state index contributed by atoms with van der Waals surface area (Å²) in [7, 11) is -3.62. The van der Waals surface area contributed by atoms with Gasteiger partial charge < -0.3 is 10.0 Å². The van der Waals surface area contributed by atoms with Crippen LogP contribution in [0.3, 0.4) is 0 Å². The molecule has 10 heteroatoms. The van der Waals surface area contributed by atoms with Gasteiger partial charge in [0.1, 0.15) is 11.5 Å². The fourth-order valence-corrected chi connectivity index (χ4v) is 4.47. The zero-order chi connectivity index (χ0) is 22.6. The number of nitriles is 1. The van der Waals surface area contributed by atoms with Crippen molar-refractivity contribution in [2.75, 3.05) is 17.7 Å². The molecule has 0 radical (unpaired) electrons. The topological polar surface area (TPSA) is 106 Å². The largest absolute Gasteiger partial charge is 0.372 e. The summed E-state index contributed by atoms with van der Waals surface area (Å²) in [5.41, 5.74) is 2.47. The second kappa shape index (κ2) is 9.53. The lowest BCUT2D eigenvalue weighted by molar-refractivity contribution is 0.162. The van der Waals surface area contributed by atoms with Gasteiger partial charge in [0.15, 0.2) is 11.4 Å². The molecule has 0 fully saturated rings. The van der Waals surface area contributed by atoms with Crippen LogP contribution < -0.4 is 9.62 Å². The van der Waals surface area contributed by atoms with Crippen LogP contribution in [0.4, 0.5) is 15.2 Å². The highest BCUT2D eigenvalue weighted by molar-refractivity contribution is 7.88. The second-order valence-corrected chi connectivity index (χ2v) is 9.88. The first kappa shape index (κ1) is 22.8. The molecule has 0 saturated carbocycles. The van der Waals surface area contributed by atoms with Crippen molar-refractivity contribution in [2.24, 2.45) is 0 Å². The first-order chi connectivity index (χ1) is 14.7. The van der Waals surface area contributed by atoms with Gasteiger partial charge in [-0.1, -0.05) is 12.1 Å². The maximum atomic E-state index is 13.2. The SMILES string of the molecule is Cc1sc(N(CCc2ccc(F)cc2)c2ccc(C#N)cc2)nc1C(O)NS(C)(=O)=O. The van der Waals surface area contributed by atoms with Crippen molar-refractivity contribution in [3.8, 4) is 6.07 Å². The average molecular weight is 461 g/mol. The number of nitrogens with zero attached hydrogens (tertiary/aromatic N) is 3. The van der Waals surface area contributed by atoms with Crippen molar-refractivity contribution in [3.05, 3.63) is 76.0 Å². The van der Waals surface area contributed by atoms with E-state index in [0.717, 1.165) is 17.5 Å². The number of benzene rings is 2. The van der Waals surface area contributed by atoms with E-state index in [1.165, 1.54) is 23.5 Å². The first-order valence-electron chi connectivity index (χ1n) is 9.31. The van der Waals surface area contributed by atoms with Crippen LogP contribution in [0, 0.1) is 24.1 Å². The lowest BCUT2D eigenvalue weighted by atomic mass is 10.1. The molecule has 1 heterocycles. The van der Waals surface area contributed by atoms with E-state index in [2.05, 4.69) is 15.8 Å². The molecule has 7 nitrogen and oxygen atoms in total. The first-order valence-corrected chi connectivity index (χ1v) is 12.0. The van der Waals surface area contributed by atoms with Crippen LogP contribution in [0.1, 0.15) is 27.9 Å². The minimum absolute atomic E-state index is 0.228. The van der Waals surface area contributed by atoms with Gasteiger partial charge in [-0.05, 0) is 55.3 Å². The standard InChI is InChI=1S/C21H21FN4O3S2/c1-14-19(20(27)25-31(2,28)29)24-21(30-14)26(18-9-5-16(13-23)6-10-18)12-11-15-3-7-17(22)8-4-15/h3-10,20,25,27H,11-12H2,1-2H3. The third-order valence-electron chi connectivity index (χ3n) is 4.48. The van der Waals surface area contributed by atoms with E-state index in [1.807, 2.05) is 4.90 Å². The van der Waals surface area contributed by atoms with E-state index < -0.39 is 16.3 Å². The number of anilines is 2. The van der Waals surface area contributed by atoms with Gasteiger partial charge in [0, 0.05) is 17.1 Å². The Balaban J connectivity index is 1.92. The van der Waals surface area contributed by atoms with E-state index in [9.17, 15) is 17.9 Å². The molecule has 31 heavy (non-hydrogen) atoms. The summed E-state index contributed by atoms with van der Waals surface area (Å²) >= 11 is 1.31. The number of aromatic nitrogens is 1. The molecule has 3 aromatic rings. The van der Waals surface area contributed by atoms with Gasteiger partial charge in [0.2, 0.25) is 10.0 Å². The summed E-state index contributed by atoms with van der Waals surface area (Å²) in [6.07, 6.45) is 0.100. The molecule has 2 N–H and O–H groups in total. The zero-order valence-electron chi connectivity index (χ0n) is 16.9. The Hall–Kier alpha value is -2.84. The Kier molecular flexibility index (Phi) is 7.02. The molecule has 0 aliphatic rings. The van der Waals surface area contributed by atoms with Crippen LogP contribution in [-0.2, 0) is 16.4 Å². The predicted octanol–water partition coefficient (Wildman–Crippen LogP) is 3.38. The monoisotopic (exact) mass is 460 g/mol. The molecule has 0 spiro atoms. The molecular weight excluding hydrogens is 439 g/mol. The number of hydrogen-bond acceptors (Lipinski definition) is 7. The second-order valence-electron chi connectivity index (χ2n) is 6.92. The number of nitrogens with one attached hydrogen (secondary N) is 1. The maximum absolute atomic E-state index is 13.2. The predicted molar refractivity (Wildman–Crippen MR) is 118 cm³/mol. The van der Waals surface area contributed by atoms with Crippen molar-refractivity contribution >= 4 is 32.2 Å². The molecule has 1 aromatic heterocycles. The third-order valence-corrected chi connectivity index (χ3v) is 6.14. The highest BCUT2D eigenvalue weighted by atomic mass is 32.2. The minimum Gasteiger partial charge on any atom is -0.372 e. The summed E-state index contributed by atoms with van der Waals surface area (Å²) < 4.78 is 38.3. The Labute approximate surface area is 184 Å². The number of thiazole rings is 1. The van der Waals surface area contributed by atoms with Gasteiger partial charge in [-0.15, -0.1) is 11.3 Å². The van der Waals surface area contributed by atoms with Gasteiger partial charge in [-0.3, -0.25) is 0 Å². The summed E-state index contributed by atoms with van der Waals surface area (Å²) in [4.78, 5) is 7.06. The molecule has 0 aliphatic heterocycles. The van der Waals surface area contributed by atoms with E-state index in [0.29, 0.717) is 28.5 Å². The van der Waals surface area contributed by atoms with Crippen LogP contribution in [0.2, 0.25) is 0 Å². The smallest absolute Gasteiger partial charge is 0.211 e. The number of aliphatic hydroxyl groups is 1. The third kappa shape index (κ3) is 6.08. The van der Waals surface area contributed by atoms with Gasteiger partial charge >= 0.3 is 0 Å². The Morgan fingerprint density at radius 3 is 2.45 bits per heavy atom. The average Bonchev–Trinajstić information content (AvgIpc) is 3.10. The van der Waals surface area contributed by atoms with Gasteiger partial charge in [0.05, 0.1) is 17.9 Å². The van der Waals surface area contributed by atoms with Crippen LogP contribution in [0.5, 0.6) is 0 Å². The van der Waals surface area contributed by atoms with Crippen molar-refractivity contribution < 1.29 is 17.9 Å². The lowest BCUT2D eigenvalue weighted by Gasteiger charge is -2.22. The lowest BCUT2D eigenvalue weighted by Crippen LogP contribution is -2.28. The molecule has 3 rings (SSSR count). The van der Waals surface area contributed by atoms with Crippen molar-refractivity contribution in [1.82, 2.24) is 9.71 Å². The molecule has 0 bridgehead atoms. The minimum atomic E-state index is -3.62. The van der Waals surface area contributed by atoms with E-state index >= 15 is 0 Å². The summed E-state index contributed by atoms with van der Waals surface area (Å²) in [5.74, 6) is -0.305. The van der Waals surface area contributed by atoms with E-state index in [1.54, 1.807) is 43.3 Å². The van der Waals surface area contributed by atoms with Gasteiger partial charge in [-0.2, -0.15) is 9.98 Å². The highest BCUT2D eigenvalue weighted by Gasteiger charge is 2.22. The van der Waals surface area contributed by atoms with Crippen molar-refractivity contribution in [1.29, 1.82) is 5.26 Å². The van der Waals surface area contributed by atoms with E-state index in [-0.39, 0.29) is 11.5 Å². The Morgan fingerprint density at radius 1 is 1.23 bits per heavy atom. The van der Waals surface area contributed by atoms with Crippen molar-refractivity contribution in [2.45, 2.75) is 19.6 Å². The van der Waals surface area contributed by atoms with Crippen LogP contribution in [0.25, 0.3) is 0 Å². The molecule has 1 unspecified atom stereocenters. The summed E-state index contributed by atoms with van der Waals surface area (Å²) in [5, 5.41) is 19.9. The van der Waals surface area contributed by atoms with Crippen LogP contribution in [-0.4, -0.2) is 31.3 Å². The molecule has 0 saturated heterocycles. The molecule has 2 aromatic carbocycles. The summed E-state index contributed by atoms with van der Waals surface area (Å²) in [6, 6.07) is 15.3. The number of aryl methyl sites for hydroxylation is 1. The van der Waals surface area contributed by atoms with E-state index in [4.69, 9.17) is 5.26 Å². The maximum Gasteiger partial charge on any atom is 0.211 e. The zero-order valence-corrected chi connectivity index (χ0v) is 18.5. The Bertz CT molecular complexity index is 1190. The quantitative estimate of drug-likeness (QED) is 0.499. The number of rotatable bonds is 8. The number of sulfonamides is 1. The highest BCUT2D eigenvalue weighted by Crippen LogP contribution is 2.33.